The van der Waals surface area contributed by atoms with Gasteiger partial charge in [0.25, 0.3) is 5.91 Å². The molecule has 1 aromatic heterocycles. The zero-order chi connectivity index (χ0) is 14.5. The highest BCUT2D eigenvalue weighted by Gasteiger charge is 2.12. The summed E-state index contributed by atoms with van der Waals surface area (Å²) in [7, 11) is 1.44. The first-order chi connectivity index (χ1) is 9.60. The van der Waals surface area contributed by atoms with E-state index in [0.29, 0.717) is 5.75 Å². The van der Waals surface area contributed by atoms with Crippen molar-refractivity contribution < 1.29 is 13.9 Å². The molecule has 4 nitrogen and oxygen atoms in total. The Labute approximate surface area is 116 Å². The van der Waals surface area contributed by atoms with E-state index in [4.69, 9.17) is 4.74 Å². The van der Waals surface area contributed by atoms with Crippen LogP contribution in [0.3, 0.4) is 0 Å². The molecule has 1 aromatic carbocycles. The van der Waals surface area contributed by atoms with Crippen molar-refractivity contribution in [2.45, 2.75) is 13.5 Å². The summed E-state index contributed by atoms with van der Waals surface area (Å²) in [5.74, 6) is -0.716. The lowest BCUT2D eigenvalue weighted by Gasteiger charge is -2.07. The topological polar surface area (TPSA) is 51.2 Å². The van der Waals surface area contributed by atoms with Crippen LogP contribution in [0.2, 0.25) is 0 Å². The number of carbonyl (C=O) groups is 1. The van der Waals surface area contributed by atoms with Gasteiger partial charge in [0.15, 0.2) is 0 Å². The molecule has 1 heterocycles. The largest absolute Gasteiger partial charge is 0.497 e. The number of benzene rings is 1. The third kappa shape index (κ3) is 3.32. The number of halogens is 1. The number of carbonyl (C=O) groups excluding carboxylic acids is 1. The third-order valence-corrected chi connectivity index (χ3v) is 2.80. The lowest BCUT2D eigenvalue weighted by Crippen LogP contribution is -2.24. The smallest absolute Gasteiger partial charge is 0.254 e. The Bertz CT molecular complexity index is 629. The van der Waals surface area contributed by atoms with E-state index >= 15 is 0 Å². The van der Waals surface area contributed by atoms with Crippen molar-refractivity contribution in [2.24, 2.45) is 0 Å². The fourth-order valence-corrected chi connectivity index (χ4v) is 1.77. The summed E-state index contributed by atoms with van der Waals surface area (Å²) >= 11 is 0. The molecule has 0 radical (unpaired) electrons. The molecular weight excluding hydrogens is 259 g/mol. The van der Waals surface area contributed by atoms with Crippen LogP contribution in [-0.4, -0.2) is 18.0 Å². The van der Waals surface area contributed by atoms with Crippen LogP contribution >= 0.6 is 0 Å². The minimum absolute atomic E-state index is 0.0153. The highest BCUT2D eigenvalue weighted by Crippen LogP contribution is 2.16. The van der Waals surface area contributed by atoms with Crippen molar-refractivity contribution in [1.82, 2.24) is 10.3 Å². The lowest BCUT2D eigenvalue weighted by atomic mass is 10.2. The standard InChI is InChI=1S/C15H15FN2O2/c1-10-4-3-5-11(18-10)9-17-15(19)13-7-6-12(20-2)8-14(13)16/h3-8H,9H2,1-2H3,(H,17,19). The SMILES string of the molecule is COc1ccc(C(=O)NCc2cccc(C)n2)c(F)c1. The van der Waals surface area contributed by atoms with E-state index in [1.54, 1.807) is 12.1 Å². The van der Waals surface area contributed by atoms with Crippen LogP contribution in [0.15, 0.2) is 36.4 Å². The summed E-state index contributed by atoms with van der Waals surface area (Å²) in [6.45, 7) is 2.13. The molecule has 104 valence electrons. The predicted octanol–water partition coefficient (Wildman–Crippen LogP) is 2.47. The van der Waals surface area contributed by atoms with E-state index in [-0.39, 0.29) is 12.1 Å². The van der Waals surface area contributed by atoms with Gasteiger partial charge < -0.3 is 10.1 Å². The van der Waals surface area contributed by atoms with E-state index in [1.165, 1.54) is 19.2 Å². The molecule has 0 fully saturated rings. The van der Waals surface area contributed by atoms with Crippen molar-refractivity contribution in [3.8, 4) is 5.75 Å². The number of hydrogen-bond acceptors (Lipinski definition) is 3. The second-order valence-corrected chi connectivity index (χ2v) is 4.30. The zero-order valence-electron chi connectivity index (χ0n) is 11.3. The van der Waals surface area contributed by atoms with Gasteiger partial charge >= 0.3 is 0 Å². The maximum Gasteiger partial charge on any atom is 0.254 e. The highest BCUT2D eigenvalue weighted by molar-refractivity contribution is 5.94. The molecule has 2 aromatic rings. The minimum atomic E-state index is -0.612. The van der Waals surface area contributed by atoms with E-state index in [2.05, 4.69) is 10.3 Å². The number of methoxy groups -OCH3 is 1. The summed E-state index contributed by atoms with van der Waals surface area (Å²) in [5, 5.41) is 2.64. The zero-order valence-corrected chi connectivity index (χ0v) is 11.3. The fourth-order valence-electron chi connectivity index (χ4n) is 1.77. The molecule has 0 unspecified atom stereocenters. The number of nitrogens with one attached hydrogen (secondary N) is 1. The Morgan fingerprint density at radius 3 is 2.80 bits per heavy atom. The first-order valence-corrected chi connectivity index (χ1v) is 6.14. The van der Waals surface area contributed by atoms with Crippen molar-refractivity contribution in [2.75, 3.05) is 7.11 Å². The van der Waals surface area contributed by atoms with E-state index in [9.17, 15) is 9.18 Å². The molecule has 0 atom stereocenters. The molecule has 2 rings (SSSR count). The monoisotopic (exact) mass is 274 g/mol. The molecule has 20 heavy (non-hydrogen) atoms. The van der Waals surface area contributed by atoms with Gasteiger partial charge in [-0.25, -0.2) is 4.39 Å². The van der Waals surface area contributed by atoms with Gasteiger partial charge in [0.05, 0.1) is 24.9 Å². The molecule has 1 N–H and O–H groups in total. The molecule has 5 heteroatoms. The van der Waals surface area contributed by atoms with Gasteiger partial charge in [0, 0.05) is 11.8 Å². The Morgan fingerprint density at radius 1 is 1.35 bits per heavy atom. The van der Waals surface area contributed by atoms with Crippen LogP contribution in [0.5, 0.6) is 5.75 Å². The van der Waals surface area contributed by atoms with E-state index in [1.807, 2.05) is 19.1 Å². The number of ether oxygens (including phenoxy) is 1. The average molecular weight is 274 g/mol. The van der Waals surface area contributed by atoms with E-state index < -0.39 is 11.7 Å². The van der Waals surface area contributed by atoms with Crippen LogP contribution in [0.4, 0.5) is 4.39 Å². The van der Waals surface area contributed by atoms with Gasteiger partial charge in [-0.05, 0) is 31.2 Å². The summed E-state index contributed by atoms with van der Waals surface area (Å²) in [4.78, 5) is 16.2. The molecule has 0 bridgehead atoms. The lowest BCUT2D eigenvalue weighted by molar-refractivity contribution is 0.0946. The Morgan fingerprint density at radius 2 is 2.15 bits per heavy atom. The van der Waals surface area contributed by atoms with Crippen molar-refractivity contribution in [1.29, 1.82) is 0 Å². The Balaban J connectivity index is 2.05. The summed E-state index contributed by atoms with van der Waals surface area (Å²) in [6, 6.07) is 9.65. The normalized spacial score (nSPS) is 10.2. The summed E-state index contributed by atoms with van der Waals surface area (Å²) in [6.07, 6.45) is 0. The fraction of sp³-hybridized carbons (Fsp3) is 0.200. The predicted molar refractivity (Wildman–Crippen MR) is 73.1 cm³/mol. The Kier molecular flexibility index (Phi) is 4.30. The first-order valence-electron chi connectivity index (χ1n) is 6.14. The molecule has 0 spiro atoms. The van der Waals surface area contributed by atoms with Crippen LogP contribution < -0.4 is 10.1 Å². The number of nitrogens with zero attached hydrogens (tertiary/aromatic N) is 1. The molecule has 0 aliphatic heterocycles. The Hall–Kier alpha value is -2.43. The molecule has 0 saturated carbocycles. The molecule has 1 amide bonds. The van der Waals surface area contributed by atoms with Gasteiger partial charge in [-0.15, -0.1) is 0 Å². The maximum atomic E-state index is 13.7. The highest BCUT2D eigenvalue weighted by atomic mass is 19.1. The number of aryl methyl sites for hydroxylation is 1. The number of pyridine rings is 1. The molecule has 0 aliphatic rings. The summed E-state index contributed by atoms with van der Waals surface area (Å²) in [5.41, 5.74) is 1.58. The second kappa shape index (κ2) is 6.14. The van der Waals surface area contributed by atoms with Gasteiger partial charge in [-0.3, -0.25) is 9.78 Å². The maximum absolute atomic E-state index is 13.7. The third-order valence-electron chi connectivity index (χ3n) is 2.80. The van der Waals surface area contributed by atoms with Crippen LogP contribution in [0.25, 0.3) is 0 Å². The number of aromatic nitrogens is 1. The van der Waals surface area contributed by atoms with Crippen LogP contribution in [-0.2, 0) is 6.54 Å². The number of rotatable bonds is 4. The van der Waals surface area contributed by atoms with Gasteiger partial charge in [-0.1, -0.05) is 6.07 Å². The minimum Gasteiger partial charge on any atom is -0.497 e. The summed E-state index contributed by atoms with van der Waals surface area (Å²) < 4.78 is 18.6. The van der Waals surface area contributed by atoms with Crippen LogP contribution in [0, 0.1) is 12.7 Å². The van der Waals surface area contributed by atoms with Gasteiger partial charge in [-0.2, -0.15) is 0 Å². The van der Waals surface area contributed by atoms with Crippen molar-refractivity contribution >= 4 is 5.91 Å². The quantitative estimate of drug-likeness (QED) is 0.931. The second-order valence-electron chi connectivity index (χ2n) is 4.30. The van der Waals surface area contributed by atoms with Crippen molar-refractivity contribution in [3.05, 3.63) is 59.2 Å². The molecule has 0 saturated heterocycles. The number of hydrogen-bond donors (Lipinski definition) is 1. The number of amides is 1. The average Bonchev–Trinajstić information content (AvgIpc) is 2.44. The van der Waals surface area contributed by atoms with E-state index in [0.717, 1.165) is 11.4 Å². The van der Waals surface area contributed by atoms with Crippen LogP contribution in [0.1, 0.15) is 21.7 Å². The molecular formula is C15H15FN2O2. The van der Waals surface area contributed by atoms with Gasteiger partial charge in [0.1, 0.15) is 11.6 Å². The molecule has 0 aliphatic carbocycles. The van der Waals surface area contributed by atoms with Crippen molar-refractivity contribution in [3.63, 3.8) is 0 Å². The van der Waals surface area contributed by atoms with Gasteiger partial charge in [0.2, 0.25) is 0 Å². The first kappa shape index (κ1) is 14.0.